The van der Waals surface area contributed by atoms with E-state index in [-0.39, 0.29) is 4.90 Å². The second-order valence-electron chi connectivity index (χ2n) is 5.01. The Kier molecular flexibility index (Phi) is 3.29. The van der Waals surface area contributed by atoms with E-state index in [1.54, 1.807) is 37.4 Å². The summed E-state index contributed by atoms with van der Waals surface area (Å²) in [6.45, 7) is 1.91. The van der Waals surface area contributed by atoms with Gasteiger partial charge in [0.25, 0.3) is 10.0 Å². The summed E-state index contributed by atoms with van der Waals surface area (Å²) < 4.78 is 26.7. The lowest BCUT2D eigenvalue weighted by atomic mass is 10.2. The summed E-state index contributed by atoms with van der Waals surface area (Å²) in [7, 11) is -1.96. The SMILES string of the molecule is CNc1c(N)cnc2c1ccn2S(=O)(=O)c1ccc(C)cc1. The molecule has 0 saturated heterocycles. The van der Waals surface area contributed by atoms with E-state index >= 15 is 0 Å². The first kappa shape index (κ1) is 14.4. The van der Waals surface area contributed by atoms with Gasteiger partial charge in [0.1, 0.15) is 0 Å². The minimum absolute atomic E-state index is 0.222. The van der Waals surface area contributed by atoms with E-state index < -0.39 is 10.0 Å². The highest BCUT2D eigenvalue weighted by Gasteiger charge is 2.21. The van der Waals surface area contributed by atoms with Gasteiger partial charge < -0.3 is 11.1 Å². The molecule has 0 spiro atoms. The van der Waals surface area contributed by atoms with Crippen LogP contribution in [0.1, 0.15) is 5.56 Å². The second kappa shape index (κ2) is 5.03. The number of nitrogens with zero attached hydrogens (tertiary/aromatic N) is 2. The van der Waals surface area contributed by atoms with Crippen molar-refractivity contribution in [2.24, 2.45) is 0 Å². The van der Waals surface area contributed by atoms with E-state index in [0.29, 0.717) is 22.4 Å². The quantitative estimate of drug-likeness (QED) is 0.773. The molecule has 0 unspecified atom stereocenters. The molecule has 22 heavy (non-hydrogen) atoms. The van der Waals surface area contributed by atoms with Crippen molar-refractivity contribution >= 4 is 32.4 Å². The molecular formula is C15H16N4O2S. The van der Waals surface area contributed by atoms with Crippen molar-refractivity contribution in [1.82, 2.24) is 8.96 Å². The molecule has 114 valence electrons. The summed E-state index contributed by atoms with van der Waals surface area (Å²) in [5, 5.41) is 3.64. The van der Waals surface area contributed by atoms with Gasteiger partial charge in [-0.15, -0.1) is 0 Å². The zero-order valence-corrected chi connectivity index (χ0v) is 13.1. The van der Waals surface area contributed by atoms with Crippen LogP contribution >= 0.6 is 0 Å². The van der Waals surface area contributed by atoms with Gasteiger partial charge in [0.05, 0.1) is 22.5 Å². The number of benzene rings is 1. The molecule has 0 amide bonds. The lowest BCUT2D eigenvalue weighted by molar-refractivity contribution is 0.589. The molecule has 1 aromatic carbocycles. The number of nitrogen functional groups attached to an aromatic ring is 1. The number of nitrogens with one attached hydrogen (secondary N) is 1. The number of nitrogens with two attached hydrogens (primary N) is 1. The van der Waals surface area contributed by atoms with Gasteiger partial charge in [0, 0.05) is 18.6 Å². The number of hydrogen-bond acceptors (Lipinski definition) is 5. The Bertz CT molecular complexity index is 944. The van der Waals surface area contributed by atoms with Crippen LogP contribution in [0.15, 0.2) is 47.6 Å². The highest BCUT2D eigenvalue weighted by molar-refractivity contribution is 7.90. The van der Waals surface area contributed by atoms with Gasteiger partial charge >= 0.3 is 0 Å². The number of aryl methyl sites for hydroxylation is 1. The highest BCUT2D eigenvalue weighted by atomic mass is 32.2. The van der Waals surface area contributed by atoms with Crippen molar-refractivity contribution in [1.29, 1.82) is 0 Å². The smallest absolute Gasteiger partial charge is 0.269 e. The van der Waals surface area contributed by atoms with Crippen LogP contribution in [0.3, 0.4) is 0 Å². The van der Waals surface area contributed by atoms with Crippen molar-refractivity contribution in [3.05, 3.63) is 48.3 Å². The monoisotopic (exact) mass is 316 g/mol. The van der Waals surface area contributed by atoms with Crippen LogP contribution in [-0.4, -0.2) is 24.4 Å². The van der Waals surface area contributed by atoms with Crippen molar-refractivity contribution in [2.75, 3.05) is 18.1 Å². The fourth-order valence-electron chi connectivity index (χ4n) is 2.38. The van der Waals surface area contributed by atoms with Gasteiger partial charge in [-0.25, -0.2) is 17.4 Å². The minimum Gasteiger partial charge on any atom is -0.396 e. The molecule has 2 heterocycles. The lowest BCUT2D eigenvalue weighted by Gasteiger charge is -2.09. The molecule has 2 aromatic heterocycles. The number of anilines is 2. The van der Waals surface area contributed by atoms with Crippen LogP contribution in [0.25, 0.3) is 11.0 Å². The first-order valence-electron chi connectivity index (χ1n) is 6.70. The summed E-state index contributed by atoms with van der Waals surface area (Å²) in [5.41, 5.74) is 8.35. The molecule has 3 N–H and O–H groups in total. The molecule has 0 fully saturated rings. The number of rotatable bonds is 3. The van der Waals surface area contributed by atoms with E-state index in [1.165, 1.54) is 16.4 Å². The molecule has 7 heteroatoms. The fraction of sp³-hybridized carbons (Fsp3) is 0.133. The van der Waals surface area contributed by atoms with Gasteiger partial charge in [-0.1, -0.05) is 17.7 Å². The van der Waals surface area contributed by atoms with Gasteiger partial charge in [0.2, 0.25) is 0 Å². The van der Waals surface area contributed by atoms with E-state index in [2.05, 4.69) is 10.3 Å². The van der Waals surface area contributed by atoms with Crippen molar-refractivity contribution in [3.63, 3.8) is 0 Å². The zero-order valence-electron chi connectivity index (χ0n) is 12.2. The number of aromatic nitrogens is 2. The van der Waals surface area contributed by atoms with Crippen molar-refractivity contribution < 1.29 is 8.42 Å². The van der Waals surface area contributed by atoms with Gasteiger partial charge in [-0.2, -0.15) is 0 Å². The summed E-state index contributed by atoms with van der Waals surface area (Å²) in [6.07, 6.45) is 2.95. The summed E-state index contributed by atoms with van der Waals surface area (Å²) in [5.74, 6) is 0. The summed E-state index contributed by atoms with van der Waals surface area (Å²) in [6, 6.07) is 8.40. The van der Waals surface area contributed by atoms with Crippen LogP contribution in [0.2, 0.25) is 0 Å². The van der Waals surface area contributed by atoms with Crippen molar-refractivity contribution in [3.8, 4) is 0 Å². The van der Waals surface area contributed by atoms with Crippen LogP contribution in [0, 0.1) is 6.92 Å². The first-order chi connectivity index (χ1) is 10.4. The molecule has 0 atom stereocenters. The van der Waals surface area contributed by atoms with E-state index in [4.69, 9.17) is 5.73 Å². The molecule has 6 nitrogen and oxygen atoms in total. The topological polar surface area (TPSA) is 90.0 Å². The highest BCUT2D eigenvalue weighted by Crippen LogP contribution is 2.30. The average Bonchev–Trinajstić information content (AvgIpc) is 2.92. The van der Waals surface area contributed by atoms with Crippen molar-refractivity contribution in [2.45, 2.75) is 11.8 Å². The number of fused-ring (bicyclic) bond motifs is 1. The summed E-state index contributed by atoms with van der Waals surface area (Å²) in [4.78, 5) is 4.40. The Morgan fingerprint density at radius 2 is 1.86 bits per heavy atom. The van der Waals surface area contributed by atoms with Crippen LogP contribution in [0.5, 0.6) is 0 Å². The maximum atomic E-state index is 12.8. The van der Waals surface area contributed by atoms with Crippen LogP contribution < -0.4 is 11.1 Å². The molecule has 0 aliphatic rings. The fourth-order valence-corrected chi connectivity index (χ4v) is 3.68. The number of pyridine rings is 1. The molecule has 0 aliphatic heterocycles. The standard InChI is InChI=1S/C15H16N4O2S/c1-10-3-5-11(6-4-10)22(20,21)19-8-7-12-14(17-2)13(16)9-18-15(12)19/h3-9H,16H2,1-2H3,(H,17,18). The molecule has 0 radical (unpaired) electrons. The van der Waals surface area contributed by atoms with E-state index in [9.17, 15) is 8.42 Å². The van der Waals surface area contributed by atoms with Gasteiger partial charge in [-0.3, -0.25) is 0 Å². The van der Waals surface area contributed by atoms with Gasteiger partial charge in [0.15, 0.2) is 5.65 Å². The molecule has 0 bridgehead atoms. The van der Waals surface area contributed by atoms with E-state index in [1.807, 2.05) is 6.92 Å². The molecule has 3 aromatic rings. The van der Waals surface area contributed by atoms with E-state index in [0.717, 1.165) is 5.56 Å². The van der Waals surface area contributed by atoms with Gasteiger partial charge in [-0.05, 0) is 25.1 Å². The second-order valence-corrected chi connectivity index (χ2v) is 6.82. The molecule has 3 rings (SSSR count). The largest absolute Gasteiger partial charge is 0.396 e. The Morgan fingerprint density at radius 1 is 1.18 bits per heavy atom. The van der Waals surface area contributed by atoms with Crippen LogP contribution in [-0.2, 0) is 10.0 Å². The summed E-state index contributed by atoms with van der Waals surface area (Å²) >= 11 is 0. The minimum atomic E-state index is -3.69. The lowest BCUT2D eigenvalue weighted by Crippen LogP contribution is -2.12. The normalized spacial score (nSPS) is 11.7. The Labute approximate surface area is 128 Å². The molecule has 0 saturated carbocycles. The maximum absolute atomic E-state index is 12.8. The third-order valence-electron chi connectivity index (χ3n) is 3.54. The maximum Gasteiger partial charge on any atom is 0.269 e. The Balaban J connectivity index is 2.24. The predicted octanol–water partition coefficient (Wildman–Crippen LogP) is 2.21. The predicted molar refractivity (Wildman–Crippen MR) is 87.5 cm³/mol. The molecule has 0 aliphatic carbocycles. The third kappa shape index (κ3) is 2.10. The first-order valence-corrected chi connectivity index (χ1v) is 8.14. The molecular weight excluding hydrogens is 300 g/mol. The average molecular weight is 316 g/mol. The Morgan fingerprint density at radius 3 is 2.50 bits per heavy atom. The van der Waals surface area contributed by atoms with Crippen LogP contribution in [0.4, 0.5) is 11.4 Å². The Hall–Kier alpha value is -2.54. The number of hydrogen-bond donors (Lipinski definition) is 2. The third-order valence-corrected chi connectivity index (χ3v) is 5.22. The zero-order chi connectivity index (χ0) is 15.9.